The molecule has 1 aromatic heterocycles. The summed E-state index contributed by atoms with van der Waals surface area (Å²) in [5.74, 6) is 2.57. The number of phenols is 1. The van der Waals surface area contributed by atoms with Crippen molar-refractivity contribution >= 4 is 28.2 Å². The van der Waals surface area contributed by atoms with Crippen LogP contribution >= 0.6 is 0 Å². The molecule has 4 heterocycles. The van der Waals surface area contributed by atoms with Gasteiger partial charge in [0.2, 0.25) is 5.91 Å². The highest BCUT2D eigenvalue weighted by atomic mass is 19.1. The van der Waals surface area contributed by atoms with E-state index in [1.54, 1.807) is 18.2 Å². The fourth-order valence-corrected chi connectivity index (χ4v) is 9.01. The zero-order chi connectivity index (χ0) is 37.5. The molecule has 282 valence electrons. The van der Waals surface area contributed by atoms with Crippen LogP contribution in [0.5, 0.6) is 11.8 Å². The highest BCUT2D eigenvalue weighted by Gasteiger charge is 2.47. The fourth-order valence-electron chi connectivity index (χ4n) is 9.01. The first kappa shape index (κ1) is 36.9. The monoisotopic (exact) mass is 728 g/mol. The van der Waals surface area contributed by atoms with E-state index >= 15 is 4.39 Å². The molecule has 1 saturated carbocycles. The van der Waals surface area contributed by atoms with Crippen molar-refractivity contribution in [1.29, 1.82) is 0 Å². The van der Waals surface area contributed by atoms with Gasteiger partial charge in [0.1, 0.15) is 30.2 Å². The number of hydrogen-bond acceptors (Lipinski definition) is 9. The van der Waals surface area contributed by atoms with E-state index in [1.807, 2.05) is 18.7 Å². The number of halogens is 2. The Morgan fingerprint density at radius 1 is 1.15 bits per heavy atom. The van der Waals surface area contributed by atoms with Crippen molar-refractivity contribution in [2.24, 2.45) is 0 Å². The molecule has 3 N–H and O–H groups in total. The van der Waals surface area contributed by atoms with Crippen LogP contribution in [-0.2, 0) is 17.8 Å². The number of aromatic hydroxyl groups is 1. The number of aromatic nitrogens is 2. The molecule has 3 aliphatic heterocycles. The number of nitrogens with one attached hydrogen (secondary N) is 1. The number of amides is 1. The maximum atomic E-state index is 15.2. The summed E-state index contributed by atoms with van der Waals surface area (Å²) < 4.78 is 36.7. The van der Waals surface area contributed by atoms with Crippen molar-refractivity contribution in [2.75, 3.05) is 42.6 Å². The Balaban J connectivity index is 1.23. The third kappa shape index (κ3) is 7.64. The van der Waals surface area contributed by atoms with Gasteiger partial charge < -0.3 is 30.1 Å². The summed E-state index contributed by atoms with van der Waals surface area (Å²) in [6, 6.07) is 6.35. The molecule has 1 unspecified atom stereocenters. The number of nitrogens with zero attached hydrogens (tertiary/aromatic N) is 5. The molecule has 0 radical (unpaired) electrons. The van der Waals surface area contributed by atoms with Crippen molar-refractivity contribution in [3.05, 3.63) is 59.6 Å². The van der Waals surface area contributed by atoms with Crippen molar-refractivity contribution in [1.82, 2.24) is 20.2 Å². The van der Waals surface area contributed by atoms with E-state index in [-0.39, 0.29) is 41.9 Å². The number of alkyl halides is 1. The molecule has 10 nitrogen and oxygen atoms in total. The predicted octanol–water partition coefficient (Wildman–Crippen LogP) is 5.55. The standard InChI is InChI=1S/C41H50F2N6O4/c1-5-31-33(43)11-10-26-19-30(50)20-35(37(26)31)47-18-14-32-34(24-47)45-39(46-38(32)48-17-8-7-9-28(23-48)44-36(51)6-2)53-25-40(3)21-27(42)22-49(40)29-12-15-41(4,52)16-13-29/h1,6,10-11,19-20,27-29,50,52H,2,7-9,12-18,21-25H2,3-4H3,(H,44,51)/t27-,28?,29?,40+,41?/m1/s1. The van der Waals surface area contributed by atoms with E-state index in [0.29, 0.717) is 68.3 Å². The number of rotatable bonds is 8. The predicted molar refractivity (Wildman–Crippen MR) is 201 cm³/mol. The number of benzene rings is 2. The van der Waals surface area contributed by atoms with Crippen LogP contribution in [0.1, 0.15) is 82.0 Å². The van der Waals surface area contributed by atoms with Crippen LogP contribution in [0.15, 0.2) is 36.9 Å². The van der Waals surface area contributed by atoms with E-state index in [0.717, 1.165) is 55.7 Å². The van der Waals surface area contributed by atoms with Gasteiger partial charge in [-0.15, -0.1) is 6.42 Å². The van der Waals surface area contributed by atoms with Crippen molar-refractivity contribution in [2.45, 2.75) is 108 Å². The molecule has 53 heavy (non-hydrogen) atoms. The topological polar surface area (TPSA) is 114 Å². The Morgan fingerprint density at radius 3 is 2.70 bits per heavy atom. The second kappa shape index (κ2) is 14.7. The lowest BCUT2D eigenvalue weighted by molar-refractivity contribution is -0.117. The Kier molecular flexibility index (Phi) is 10.3. The molecule has 3 atom stereocenters. The lowest BCUT2D eigenvalue weighted by atomic mass is 9.82. The molecule has 2 aromatic carbocycles. The number of terminal acetylenes is 1. The first-order valence-corrected chi connectivity index (χ1v) is 18.9. The van der Waals surface area contributed by atoms with Gasteiger partial charge in [-0.2, -0.15) is 9.97 Å². The second-order valence-electron chi connectivity index (χ2n) is 15.9. The van der Waals surface area contributed by atoms with Gasteiger partial charge in [0.05, 0.1) is 28.9 Å². The Hall–Kier alpha value is -4.47. The molecule has 2 saturated heterocycles. The van der Waals surface area contributed by atoms with Crippen molar-refractivity contribution in [3.63, 3.8) is 0 Å². The minimum atomic E-state index is -0.991. The third-order valence-electron chi connectivity index (χ3n) is 11.8. The van der Waals surface area contributed by atoms with Gasteiger partial charge >= 0.3 is 6.01 Å². The highest BCUT2D eigenvalue weighted by Crippen LogP contribution is 2.41. The van der Waals surface area contributed by atoms with Crippen LogP contribution in [0.4, 0.5) is 20.3 Å². The van der Waals surface area contributed by atoms with Gasteiger partial charge in [-0.3, -0.25) is 9.69 Å². The van der Waals surface area contributed by atoms with Gasteiger partial charge in [-0.25, -0.2) is 8.78 Å². The van der Waals surface area contributed by atoms with Crippen molar-refractivity contribution in [3.8, 4) is 24.1 Å². The van der Waals surface area contributed by atoms with Crippen LogP contribution in [0, 0.1) is 18.2 Å². The SMILES string of the molecule is C#Cc1c(F)ccc2cc(O)cc(N3CCc4c(nc(OC[C@]5(C)C[C@@H](F)CN5C5CCC(C)(O)CC5)nc4N4CCCCC(NC(=O)C=C)C4)C3)c12. The largest absolute Gasteiger partial charge is 0.508 e. The number of phenolic OH excluding ortho intramolecular Hbond substituents is 1. The molecule has 0 spiro atoms. The van der Waals surface area contributed by atoms with Gasteiger partial charge in [-0.1, -0.05) is 18.6 Å². The molecule has 3 fully saturated rings. The number of hydrogen-bond donors (Lipinski definition) is 3. The summed E-state index contributed by atoms with van der Waals surface area (Å²) in [6.07, 6.45) is 12.6. The maximum absolute atomic E-state index is 15.2. The first-order valence-electron chi connectivity index (χ1n) is 18.9. The Morgan fingerprint density at radius 2 is 1.94 bits per heavy atom. The van der Waals surface area contributed by atoms with Crippen LogP contribution in [0.3, 0.4) is 0 Å². The van der Waals surface area contributed by atoms with Gasteiger partial charge in [0.25, 0.3) is 0 Å². The maximum Gasteiger partial charge on any atom is 0.318 e. The van der Waals surface area contributed by atoms with Gasteiger partial charge in [0, 0.05) is 67.4 Å². The molecular formula is C41H50F2N6O4. The highest BCUT2D eigenvalue weighted by molar-refractivity contribution is 6.00. The number of ether oxygens (including phenoxy) is 1. The van der Waals surface area contributed by atoms with Crippen LogP contribution in [-0.4, -0.2) is 93.2 Å². The number of carbonyl (C=O) groups excluding carboxylic acids is 1. The summed E-state index contributed by atoms with van der Waals surface area (Å²) in [7, 11) is 0. The lowest BCUT2D eigenvalue weighted by Crippen LogP contribution is -2.53. The fraction of sp³-hybridized carbons (Fsp3) is 0.537. The van der Waals surface area contributed by atoms with E-state index in [1.165, 1.54) is 12.1 Å². The van der Waals surface area contributed by atoms with Crippen molar-refractivity contribution < 1.29 is 28.5 Å². The molecule has 4 aliphatic rings. The number of carbonyl (C=O) groups is 1. The summed E-state index contributed by atoms with van der Waals surface area (Å²) >= 11 is 0. The third-order valence-corrected chi connectivity index (χ3v) is 11.8. The van der Waals surface area contributed by atoms with Gasteiger partial charge in [-0.05, 0) is 88.8 Å². The molecule has 3 aromatic rings. The molecule has 1 amide bonds. The lowest BCUT2D eigenvalue weighted by Gasteiger charge is -2.44. The van der Waals surface area contributed by atoms with Crippen LogP contribution in [0.2, 0.25) is 0 Å². The molecule has 1 aliphatic carbocycles. The molecule has 12 heteroatoms. The normalized spacial score (nSPS) is 27.9. The summed E-state index contributed by atoms with van der Waals surface area (Å²) in [5, 5.41) is 25.5. The van der Waals surface area contributed by atoms with E-state index in [9.17, 15) is 19.4 Å². The van der Waals surface area contributed by atoms with E-state index in [4.69, 9.17) is 21.1 Å². The Bertz CT molecular complexity index is 1920. The van der Waals surface area contributed by atoms with E-state index in [2.05, 4.69) is 27.6 Å². The van der Waals surface area contributed by atoms with Crippen LogP contribution in [0.25, 0.3) is 10.8 Å². The summed E-state index contributed by atoms with van der Waals surface area (Å²) in [5.41, 5.74) is 1.14. The van der Waals surface area contributed by atoms with E-state index < -0.39 is 23.1 Å². The second-order valence-corrected chi connectivity index (χ2v) is 15.9. The quantitative estimate of drug-likeness (QED) is 0.203. The summed E-state index contributed by atoms with van der Waals surface area (Å²) in [6.45, 7) is 10.2. The Labute approximate surface area is 310 Å². The number of anilines is 2. The molecule has 7 rings (SSSR count). The average Bonchev–Trinajstić information content (AvgIpc) is 3.27. The zero-order valence-corrected chi connectivity index (χ0v) is 30.7. The number of aliphatic hydroxyl groups is 1. The number of likely N-dealkylation sites (tertiary alicyclic amines) is 1. The molecular weight excluding hydrogens is 678 g/mol. The number of fused-ring (bicyclic) bond motifs is 2. The molecule has 0 bridgehead atoms. The first-order chi connectivity index (χ1) is 25.4. The zero-order valence-electron chi connectivity index (χ0n) is 30.7. The van der Waals surface area contributed by atoms with Crippen LogP contribution < -0.4 is 19.9 Å². The average molecular weight is 729 g/mol. The minimum absolute atomic E-state index is 0.0413. The minimum Gasteiger partial charge on any atom is -0.508 e. The van der Waals surface area contributed by atoms with Gasteiger partial charge in [0.15, 0.2) is 0 Å². The smallest absolute Gasteiger partial charge is 0.318 e. The summed E-state index contributed by atoms with van der Waals surface area (Å²) in [4.78, 5) is 28.8.